The van der Waals surface area contributed by atoms with E-state index < -0.39 is 11.6 Å². The average molecular weight is 284 g/mol. The lowest BCUT2D eigenvalue weighted by Crippen LogP contribution is -1.99. The molecule has 21 heavy (non-hydrogen) atoms. The normalized spacial score (nSPS) is 10.9. The van der Waals surface area contributed by atoms with Crippen LogP contribution in [0.2, 0.25) is 0 Å². The number of rotatable bonds is 2. The van der Waals surface area contributed by atoms with Crippen LogP contribution in [0.4, 0.5) is 14.5 Å². The SMILES string of the molecule is CNc1cc(-c2ccccc2)nc2c(F)cc(C)c(F)c12. The summed E-state index contributed by atoms with van der Waals surface area (Å²) in [6, 6.07) is 12.3. The monoisotopic (exact) mass is 284 g/mol. The quantitative estimate of drug-likeness (QED) is 0.748. The maximum Gasteiger partial charge on any atom is 0.149 e. The van der Waals surface area contributed by atoms with Gasteiger partial charge in [0.05, 0.1) is 11.1 Å². The Morgan fingerprint density at radius 3 is 2.43 bits per heavy atom. The van der Waals surface area contributed by atoms with Gasteiger partial charge in [0.1, 0.15) is 17.2 Å². The van der Waals surface area contributed by atoms with Gasteiger partial charge in [0.25, 0.3) is 0 Å². The minimum absolute atomic E-state index is 0.0452. The summed E-state index contributed by atoms with van der Waals surface area (Å²) in [5.74, 6) is -0.957. The van der Waals surface area contributed by atoms with Gasteiger partial charge in [0, 0.05) is 18.3 Å². The smallest absolute Gasteiger partial charge is 0.149 e. The lowest BCUT2D eigenvalue weighted by molar-refractivity contribution is 0.608. The van der Waals surface area contributed by atoms with E-state index in [0.29, 0.717) is 11.4 Å². The molecule has 0 amide bonds. The largest absolute Gasteiger partial charge is 0.387 e. The number of benzene rings is 2. The summed E-state index contributed by atoms with van der Waals surface area (Å²) >= 11 is 0. The van der Waals surface area contributed by atoms with E-state index in [1.165, 1.54) is 6.07 Å². The summed E-state index contributed by atoms with van der Waals surface area (Å²) < 4.78 is 28.5. The molecule has 0 fully saturated rings. The highest BCUT2D eigenvalue weighted by molar-refractivity contribution is 5.95. The van der Waals surface area contributed by atoms with Crippen molar-refractivity contribution in [1.29, 1.82) is 0 Å². The first kappa shape index (κ1) is 13.5. The summed E-state index contributed by atoms with van der Waals surface area (Å²) in [6.45, 7) is 1.54. The molecule has 1 heterocycles. The summed E-state index contributed by atoms with van der Waals surface area (Å²) in [7, 11) is 1.68. The summed E-state index contributed by atoms with van der Waals surface area (Å²) in [4.78, 5) is 4.30. The fourth-order valence-electron chi connectivity index (χ4n) is 2.41. The minimum atomic E-state index is -0.516. The molecule has 0 aliphatic heterocycles. The predicted molar refractivity (Wildman–Crippen MR) is 81.4 cm³/mol. The van der Waals surface area contributed by atoms with Crippen LogP contribution >= 0.6 is 0 Å². The fourth-order valence-corrected chi connectivity index (χ4v) is 2.41. The third-order valence-electron chi connectivity index (χ3n) is 3.49. The summed E-state index contributed by atoms with van der Waals surface area (Å²) in [6.07, 6.45) is 0. The Balaban J connectivity index is 2.38. The number of aromatic nitrogens is 1. The van der Waals surface area contributed by atoms with Crippen molar-refractivity contribution >= 4 is 16.6 Å². The Hall–Kier alpha value is -2.49. The first-order valence-corrected chi connectivity index (χ1v) is 6.64. The maximum atomic E-state index is 14.3. The van der Waals surface area contributed by atoms with E-state index in [1.54, 1.807) is 20.0 Å². The van der Waals surface area contributed by atoms with Gasteiger partial charge >= 0.3 is 0 Å². The highest BCUT2D eigenvalue weighted by atomic mass is 19.1. The molecule has 2 aromatic carbocycles. The van der Waals surface area contributed by atoms with Gasteiger partial charge in [0.2, 0.25) is 0 Å². The molecule has 2 nitrogen and oxygen atoms in total. The van der Waals surface area contributed by atoms with Crippen LogP contribution in [-0.4, -0.2) is 12.0 Å². The lowest BCUT2D eigenvalue weighted by Gasteiger charge is -2.12. The Labute approximate surface area is 121 Å². The molecule has 0 bridgehead atoms. The van der Waals surface area contributed by atoms with E-state index >= 15 is 0 Å². The van der Waals surface area contributed by atoms with E-state index in [-0.39, 0.29) is 16.5 Å². The molecule has 0 saturated carbocycles. The van der Waals surface area contributed by atoms with E-state index in [4.69, 9.17) is 0 Å². The molecule has 3 aromatic rings. The Bertz CT molecular complexity index is 814. The third kappa shape index (κ3) is 2.23. The number of halogens is 2. The molecule has 1 aromatic heterocycles. The van der Waals surface area contributed by atoms with Crippen molar-refractivity contribution in [2.24, 2.45) is 0 Å². The molecular weight excluding hydrogens is 270 g/mol. The fraction of sp³-hybridized carbons (Fsp3) is 0.118. The summed E-state index contributed by atoms with van der Waals surface area (Å²) in [5, 5.41) is 3.12. The standard InChI is InChI=1S/C17H14F2N2/c1-10-8-12(18)17-15(16(10)19)14(20-2)9-13(21-17)11-6-4-3-5-7-11/h3-9H,1-2H3,(H,20,21). The second kappa shape index (κ2) is 5.13. The highest BCUT2D eigenvalue weighted by Crippen LogP contribution is 2.32. The van der Waals surface area contributed by atoms with Gasteiger partial charge in [-0.2, -0.15) is 0 Å². The number of nitrogens with one attached hydrogen (secondary N) is 1. The number of fused-ring (bicyclic) bond motifs is 1. The van der Waals surface area contributed by atoms with Crippen molar-refractivity contribution in [1.82, 2.24) is 4.98 Å². The molecule has 0 spiro atoms. The average Bonchev–Trinajstić information content (AvgIpc) is 2.52. The number of hydrogen-bond acceptors (Lipinski definition) is 2. The van der Waals surface area contributed by atoms with Crippen LogP contribution in [0.25, 0.3) is 22.2 Å². The van der Waals surface area contributed by atoms with Gasteiger partial charge in [-0.05, 0) is 24.6 Å². The molecule has 0 aliphatic rings. The van der Waals surface area contributed by atoms with Gasteiger partial charge in [-0.1, -0.05) is 30.3 Å². The minimum Gasteiger partial charge on any atom is -0.387 e. The molecule has 0 atom stereocenters. The molecule has 0 saturated heterocycles. The van der Waals surface area contributed by atoms with Gasteiger partial charge in [0.15, 0.2) is 0 Å². The van der Waals surface area contributed by atoms with Gasteiger partial charge in [-0.3, -0.25) is 0 Å². The highest BCUT2D eigenvalue weighted by Gasteiger charge is 2.16. The van der Waals surface area contributed by atoms with Crippen molar-refractivity contribution in [3.8, 4) is 11.3 Å². The number of hydrogen-bond donors (Lipinski definition) is 1. The molecule has 3 rings (SSSR count). The molecule has 106 valence electrons. The Morgan fingerprint density at radius 1 is 1.05 bits per heavy atom. The van der Waals surface area contributed by atoms with Crippen molar-refractivity contribution in [3.05, 3.63) is 59.7 Å². The first-order valence-electron chi connectivity index (χ1n) is 6.64. The molecule has 0 aliphatic carbocycles. The van der Waals surface area contributed by atoms with E-state index in [0.717, 1.165) is 5.56 Å². The van der Waals surface area contributed by atoms with Crippen LogP contribution in [0.15, 0.2) is 42.5 Å². The molecule has 0 unspecified atom stereocenters. The van der Waals surface area contributed by atoms with E-state index in [9.17, 15) is 8.78 Å². The maximum absolute atomic E-state index is 14.3. The van der Waals surface area contributed by atoms with Crippen LogP contribution in [0.3, 0.4) is 0 Å². The zero-order chi connectivity index (χ0) is 15.0. The second-order valence-corrected chi connectivity index (χ2v) is 4.88. The Morgan fingerprint density at radius 2 is 1.76 bits per heavy atom. The first-order chi connectivity index (χ1) is 10.1. The lowest BCUT2D eigenvalue weighted by atomic mass is 10.0. The van der Waals surface area contributed by atoms with Crippen molar-refractivity contribution in [2.45, 2.75) is 6.92 Å². The number of anilines is 1. The van der Waals surface area contributed by atoms with Crippen LogP contribution in [-0.2, 0) is 0 Å². The predicted octanol–water partition coefficient (Wildman–Crippen LogP) is 4.53. The number of aryl methyl sites for hydroxylation is 1. The number of pyridine rings is 1. The van der Waals surface area contributed by atoms with Crippen LogP contribution in [0.5, 0.6) is 0 Å². The van der Waals surface area contributed by atoms with Crippen LogP contribution < -0.4 is 5.32 Å². The molecule has 1 N–H and O–H groups in total. The van der Waals surface area contributed by atoms with Crippen molar-refractivity contribution in [3.63, 3.8) is 0 Å². The van der Waals surface area contributed by atoms with Crippen molar-refractivity contribution in [2.75, 3.05) is 12.4 Å². The zero-order valence-electron chi connectivity index (χ0n) is 11.7. The molecule has 4 heteroatoms. The van der Waals surface area contributed by atoms with Crippen LogP contribution in [0.1, 0.15) is 5.56 Å². The van der Waals surface area contributed by atoms with Gasteiger partial charge in [-0.15, -0.1) is 0 Å². The zero-order valence-corrected chi connectivity index (χ0v) is 11.7. The van der Waals surface area contributed by atoms with Gasteiger partial charge in [-0.25, -0.2) is 13.8 Å². The molecular formula is C17H14F2N2. The second-order valence-electron chi connectivity index (χ2n) is 4.88. The third-order valence-corrected chi connectivity index (χ3v) is 3.49. The van der Waals surface area contributed by atoms with Gasteiger partial charge < -0.3 is 5.32 Å². The van der Waals surface area contributed by atoms with E-state index in [2.05, 4.69) is 10.3 Å². The molecule has 0 radical (unpaired) electrons. The van der Waals surface area contributed by atoms with Crippen LogP contribution in [0, 0.1) is 18.6 Å². The number of nitrogens with zero attached hydrogens (tertiary/aromatic N) is 1. The van der Waals surface area contributed by atoms with E-state index in [1.807, 2.05) is 30.3 Å². The topological polar surface area (TPSA) is 24.9 Å². The van der Waals surface area contributed by atoms with Crippen molar-refractivity contribution < 1.29 is 8.78 Å². The summed E-state index contributed by atoms with van der Waals surface area (Å²) in [5.41, 5.74) is 2.31. The Kier molecular flexibility index (Phi) is 3.29.